The fourth-order valence-electron chi connectivity index (χ4n) is 2.74. The summed E-state index contributed by atoms with van der Waals surface area (Å²) in [5.41, 5.74) is -1.07. The second-order valence-corrected chi connectivity index (χ2v) is 6.15. The minimum absolute atomic E-state index is 0.0558. The van der Waals surface area contributed by atoms with Crippen molar-refractivity contribution in [2.75, 3.05) is 0 Å². The predicted octanol–water partition coefficient (Wildman–Crippen LogP) is 1.76. The van der Waals surface area contributed by atoms with Crippen LogP contribution in [0.4, 0.5) is 4.79 Å². The van der Waals surface area contributed by atoms with Gasteiger partial charge < -0.3 is 15.2 Å². The van der Waals surface area contributed by atoms with Crippen LogP contribution in [0.3, 0.4) is 0 Å². The van der Waals surface area contributed by atoms with Gasteiger partial charge >= 0.3 is 12.1 Å². The third kappa shape index (κ3) is 2.37. The summed E-state index contributed by atoms with van der Waals surface area (Å²) in [4.78, 5) is 22.6. The van der Waals surface area contributed by atoms with Crippen LogP contribution in [0.5, 0.6) is 0 Å². The minimum atomic E-state index is -0.726. The lowest BCUT2D eigenvalue weighted by Crippen LogP contribution is -2.39. The normalized spacial score (nSPS) is 35.0. The van der Waals surface area contributed by atoms with Crippen molar-refractivity contribution in [1.82, 2.24) is 5.32 Å². The number of rotatable bonds is 2. The molecular formula is C12H19NO4. The first-order valence-corrected chi connectivity index (χ1v) is 5.96. The van der Waals surface area contributed by atoms with Crippen LogP contribution >= 0.6 is 0 Å². The van der Waals surface area contributed by atoms with Crippen LogP contribution in [0.1, 0.15) is 40.0 Å². The van der Waals surface area contributed by atoms with Crippen molar-refractivity contribution in [3.63, 3.8) is 0 Å². The summed E-state index contributed by atoms with van der Waals surface area (Å²) in [6.45, 7) is 5.41. The number of carbonyl (C=O) groups is 2. The van der Waals surface area contributed by atoms with Gasteiger partial charge in [0.1, 0.15) is 5.60 Å². The van der Waals surface area contributed by atoms with E-state index in [2.05, 4.69) is 5.32 Å². The Labute approximate surface area is 101 Å². The molecule has 0 bridgehead atoms. The standard InChI is InChI=1S/C12H19NO4/c1-11(2,3)17-10(16)13-8-4-7-5-12(7,6-8)9(14)15/h7-8H,4-6H2,1-3H3,(H,13,16)(H,14,15)/t7?,8-,12-/m1/s1. The van der Waals surface area contributed by atoms with E-state index >= 15 is 0 Å². The summed E-state index contributed by atoms with van der Waals surface area (Å²) in [7, 11) is 0. The number of aliphatic carboxylic acids is 1. The Morgan fingerprint density at radius 3 is 2.47 bits per heavy atom. The minimum Gasteiger partial charge on any atom is -0.481 e. The fourth-order valence-corrected chi connectivity index (χ4v) is 2.74. The number of carboxylic acids is 1. The Morgan fingerprint density at radius 2 is 2.00 bits per heavy atom. The Kier molecular flexibility index (Phi) is 2.60. The van der Waals surface area contributed by atoms with E-state index in [0.29, 0.717) is 6.42 Å². The second kappa shape index (κ2) is 3.62. The molecule has 0 spiro atoms. The maximum absolute atomic E-state index is 11.5. The molecule has 5 nitrogen and oxygen atoms in total. The number of carbonyl (C=O) groups excluding carboxylic acids is 1. The van der Waals surface area contributed by atoms with Crippen molar-refractivity contribution >= 4 is 12.1 Å². The molecule has 3 atom stereocenters. The maximum atomic E-state index is 11.5. The number of hydrogen-bond donors (Lipinski definition) is 2. The predicted molar refractivity (Wildman–Crippen MR) is 60.6 cm³/mol. The zero-order valence-corrected chi connectivity index (χ0v) is 10.4. The van der Waals surface area contributed by atoms with Gasteiger partial charge in [-0.25, -0.2) is 4.79 Å². The van der Waals surface area contributed by atoms with Crippen molar-refractivity contribution in [2.24, 2.45) is 11.3 Å². The Bertz CT molecular complexity index is 360. The van der Waals surface area contributed by atoms with Crippen LogP contribution in [0.25, 0.3) is 0 Å². The van der Waals surface area contributed by atoms with Gasteiger partial charge in [-0.1, -0.05) is 0 Å². The summed E-state index contributed by atoms with van der Waals surface area (Å²) in [6, 6.07) is -0.0558. The molecule has 1 unspecified atom stereocenters. The number of ether oxygens (including phenoxy) is 1. The lowest BCUT2D eigenvalue weighted by molar-refractivity contribution is -0.143. The molecule has 2 aliphatic rings. The SMILES string of the molecule is CC(C)(C)OC(=O)N[C@@H]1CC2C[C@@]2(C(=O)O)C1. The highest BCUT2D eigenvalue weighted by molar-refractivity contribution is 5.79. The zero-order valence-electron chi connectivity index (χ0n) is 10.4. The molecule has 0 saturated heterocycles. The number of amides is 1. The van der Waals surface area contributed by atoms with Crippen LogP contribution in [0, 0.1) is 11.3 Å². The first-order valence-electron chi connectivity index (χ1n) is 5.96. The van der Waals surface area contributed by atoms with Gasteiger partial charge in [-0.2, -0.15) is 0 Å². The molecule has 0 aromatic heterocycles. The van der Waals surface area contributed by atoms with E-state index in [1.165, 1.54) is 0 Å². The summed E-state index contributed by atoms with van der Waals surface area (Å²) in [5.74, 6) is -0.490. The first-order chi connectivity index (χ1) is 7.73. The van der Waals surface area contributed by atoms with Gasteiger partial charge in [-0.05, 0) is 46.0 Å². The van der Waals surface area contributed by atoms with Crippen LogP contribution < -0.4 is 5.32 Å². The van der Waals surface area contributed by atoms with Crippen molar-refractivity contribution in [1.29, 1.82) is 0 Å². The molecule has 96 valence electrons. The zero-order chi connectivity index (χ0) is 12.8. The Hall–Kier alpha value is -1.26. The van der Waals surface area contributed by atoms with Crippen LogP contribution in [0.2, 0.25) is 0 Å². The quantitative estimate of drug-likeness (QED) is 0.772. The Balaban J connectivity index is 1.84. The number of hydrogen-bond acceptors (Lipinski definition) is 3. The maximum Gasteiger partial charge on any atom is 0.407 e. The Morgan fingerprint density at radius 1 is 1.35 bits per heavy atom. The summed E-state index contributed by atoms with van der Waals surface area (Å²) < 4.78 is 5.15. The van der Waals surface area contributed by atoms with Crippen LogP contribution in [0.15, 0.2) is 0 Å². The second-order valence-electron chi connectivity index (χ2n) is 6.15. The lowest BCUT2D eigenvalue weighted by Gasteiger charge is -2.22. The van der Waals surface area contributed by atoms with E-state index in [9.17, 15) is 9.59 Å². The van der Waals surface area contributed by atoms with Gasteiger partial charge in [-0.3, -0.25) is 4.79 Å². The van der Waals surface area contributed by atoms with E-state index in [1.54, 1.807) is 20.8 Å². The third-order valence-electron chi connectivity index (χ3n) is 3.56. The van der Waals surface area contributed by atoms with E-state index in [1.807, 2.05) is 0 Å². The molecule has 2 fully saturated rings. The van der Waals surface area contributed by atoms with E-state index < -0.39 is 23.1 Å². The number of alkyl carbamates (subject to hydrolysis) is 1. The van der Waals surface area contributed by atoms with Crippen molar-refractivity contribution in [3.8, 4) is 0 Å². The largest absolute Gasteiger partial charge is 0.481 e. The van der Waals surface area contributed by atoms with Crippen molar-refractivity contribution < 1.29 is 19.4 Å². The summed E-state index contributed by atoms with van der Waals surface area (Å²) in [5, 5.41) is 11.9. The van der Waals surface area contributed by atoms with Gasteiger partial charge in [0, 0.05) is 6.04 Å². The number of carboxylic acid groups (broad SMARTS) is 1. The fraction of sp³-hybridized carbons (Fsp3) is 0.833. The van der Waals surface area contributed by atoms with E-state index in [4.69, 9.17) is 9.84 Å². The molecule has 0 heterocycles. The molecule has 0 radical (unpaired) electrons. The highest BCUT2D eigenvalue weighted by atomic mass is 16.6. The molecule has 2 saturated carbocycles. The summed E-state index contributed by atoms with van der Waals surface area (Å²) in [6.07, 6.45) is 1.59. The van der Waals surface area contributed by atoms with Gasteiger partial charge in [-0.15, -0.1) is 0 Å². The lowest BCUT2D eigenvalue weighted by atomic mass is 10.0. The van der Waals surface area contributed by atoms with E-state index in [0.717, 1.165) is 12.8 Å². The molecule has 2 rings (SSSR count). The van der Waals surface area contributed by atoms with Crippen LogP contribution in [-0.4, -0.2) is 28.8 Å². The first kappa shape index (κ1) is 12.2. The molecule has 0 aromatic carbocycles. The third-order valence-corrected chi connectivity index (χ3v) is 3.56. The molecule has 5 heteroatoms. The van der Waals surface area contributed by atoms with Crippen molar-refractivity contribution in [3.05, 3.63) is 0 Å². The molecule has 2 aliphatic carbocycles. The summed E-state index contributed by atoms with van der Waals surface area (Å²) >= 11 is 0. The topological polar surface area (TPSA) is 75.6 Å². The average Bonchev–Trinajstić information content (AvgIpc) is 2.67. The highest BCUT2D eigenvalue weighted by Gasteiger charge is 2.65. The van der Waals surface area contributed by atoms with Gasteiger partial charge in [0.25, 0.3) is 0 Å². The highest BCUT2D eigenvalue weighted by Crippen LogP contribution is 2.63. The number of fused-ring (bicyclic) bond motifs is 1. The van der Waals surface area contributed by atoms with Gasteiger partial charge in [0.15, 0.2) is 0 Å². The number of nitrogens with one attached hydrogen (secondary N) is 1. The smallest absolute Gasteiger partial charge is 0.407 e. The molecule has 0 aliphatic heterocycles. The molecule has 0 aromatic rings. The van der Waals surface area contributed by atoms with Gasteiger partial charge in [0.05, 0.1) is 5.41 Å². The van der Waals surface area contributed by atoms with Gasteiger partial charge in [0.2, 0.25) is 0 Å². The molecule has 2 N–H and O–H groups in total. The van der Waals surface area contributed by atoms with Crippen LogP contribution in [-0.2, 0) is 9.53 Å². The molecular weight excluding hydrogens is 222 g/mol. The average molecular weight is 241 g/mol. The van der Waals surface area contributed by atoms with Crippen molar-refractivity contribution in [2.45, 2.75) is 51.7 Å². The monoisotopic (exact) mass is 241 g/mol. The van der Waals surface area contributed by atoms with E-state index in [-0.39, 0.29) is 12.0 Å². The molecule has 1 amide bonds. The molecule has 17 heavy (non-hydrogen) atoms.